The summed E-state index contributed by atoms with van der Waals surface area (Å²) >= 11 is -0.807. The third-order valence-electron chi connectivity index (χ3n) is 3.48. The number of rotatable bonds is 12. The summed E-state index contributed by atoms with van der Waals surface area (Å²) in [6.45, 7) is 30.2. The van der Waals surface area contributed by atoms with Gasteiger partial charge in [-0.1, -0.05) is 0 Å². The first-order valence-electron chi connectivity index (χ1n) is 12.2. The third kappa shape index (κ3) is 19.1. The van der Waals surface area contributed by atoms with Crippen molar-refractivity contribution >= 4 is 27.0 Å². The van der Waals surface area contributed by atoms with E-state index in [9.17, 15) is 4.57 Å². The van der Waals surface area contributed by atoms with Gasteiger partial charge in [-0.2, -0.15) is 0 Å². The van der Waals surface area contributed by atoms with E-state index in [1.165, 1.54) is 0 Å². The minimum absolute atomic E-state index is 0.111. The van der Waals surface area contributed by atoms with Crippen molar-refractivity contribution in [2.75, 3.05) is 33.0 Å². The quantitative estimate of drug-likeness (QED) is 0.167. The van der Waals surface area contributed by atoms with E-state index in [0.29, 0.717) is 33.0 Å². The van der Waals surface area contributed by atoms with Crippen LogP contribution in [0, 0.1) is 27.1 Å². The van der Waals surface area contributed by atoms with Crippen molar-refractivity contribution in [1.82, 2.24) is 0 Å². The Morgan fingerprint density at radius 3 is 0.941 bits per heavy atom. The molecule has 0 rings (SSSR count). The molecular weight excluding hydrogens is 537 g/mol. The van der Waals surface area contributed by atoms with Gasteiger partial charge in [0.15, 0.2) is 0 Å². The SMILES string of the molecule is CC(C)(C)COP(=O)(OCC(C)(C)C)[Se][P+](OCC(C)(C)C)(OCC(C)(C)C)OCC(C)(C)C. The van der Waals surface area contributed by atoms with Crippen molar-refractivity contribution in [3.63, 3.8) is 0 Å². The molecule has 0 bridgehead atoms. The predicted molar refractivity (Wildman–Crippen MR) is 147 cm³/mol. The van der Waals surface area contributed by atoms with Crippen LogP contribution in [0.25, 0.3) is 0 Å². The predicted octanol–water partition coefficient (Wildman–Crippen LogP) is 8.79. The molecule has 0 aliphatic rings. The van der Waals surface area contributed by atoms with Gasteiger partial charge in [0.05, 0.1) is 0 Å². The molecule has 0 aromatic rings. The van der Waals surface area contributed by atoms with Crippen LogP contribution in [-0.2, 0) is 27.2 Å². The van der Waals surface area contributed by atoms with Crippen molar-refractivity contribution in [2.45, 2.75) is 104 Å². The van der Waals surface area contributed by atoms with Crippen LogP contribution < -0.4 is 0 Å². The molecule has 0 aromatic carbocycles. The average molecular weight is 593 g/mol. The van der Waals surface area contributed by atoms with Gasteiger partial charge in [0.1, 0.15) is 0 Å². The fraction of sp³-hybridized carbons (Fsp3) is 1.00. The second kappa shape index (κ2) is 12.7. The first-order chi connectivity index (χ1) is 14.7. The van der Waals surface area contributed by atoms with E-state index in [1.807, 2.05) is 0 Å². The molecule has 0 N–H and O–H groups in total. The molecule has 206 valence electrons. The van der Waals surface area contributed by atoms with Crippen molar-refractivity contribution in [3.05, 3.63) is 0 Å². The van der Waals surface area contributed by atoms with Crippen LogP contribution in [0.1, 0.15) is 104 Å². The molecule has 9 heteroatoms. The first kappa shape index (κ1) is 35.0. The number of hydrogen-bond donors (Lipinski definition) is 0. The van der Waals surface area contributed by atoms with Crippen molar-refractivity contribution < 1.29 is 27.2 Å². The molecule has 34 heavy (non-hydrogen) atoms. The summed E-state index contributed by atoms with van der Waals surface area (Å²) in [7, 11) is 0. The van der Waals surface area contributed by atoms with Crippen LogP contribution in [-0.4, -0.2) is 47.1 Å². The zero-order valence-electron chi connectivity index (χ0n) is 24.8. The monoisotopic (exact) mass is 593 g/mol. The van der Waals surface area contributed by atoms with Crippen LogP contribution in [0.5, 0.6) is 0 Å². The van der Waals surface area contributed by atoms with E-state index in [4.69, 9.17) is 22.6 Å². The third-order valence-corrected chi connectivity index (χ3v) is 18.2. The summed E-state index contributed by atoms with van der Waals surface area (Å²) in [5.74, 6) is 0. The summed E-state index contributed by atoms with van der Waals surface area (Å²) < 4.78 is 46.0. The molecule has 0 saturated heterocycles. The average Bonchev–Trinajstić information content (AvgIpc) is 2.57. The Bertz CT molecular complexity index is 581. The van der Waals surface area contributed by atoms with Crippen LogP contribution in [0.15, 0.2) is 0 Å². The van der Waals surface area contributed by atoms with Crippen molar-refractivity contribution in [3.8, 4) is 0 Å². The Balaban J connectivity index is 6.31. The molecule has 0 aliphatic heterocycles. The van der Waals surface area contributed by atoms with Gasteiger partial charge in [-0.25, -0.2) is 0 Å². The van der Waals surface area contributed by atoms with Gasteiger partial charge >= 0.3 is 218 Å². The zero-order valence-corrected chi connectivity index (χ0v) is 28.3. The molecule has 0 spiro atoms. The topological polar surface area (TPSA) is 63.2 Å². The fourth-order valence-corrected chi connectivity index (χ4v) is 17.4. The Kier molecular flexibility index (Phi) is 13.0. The normalized spacial score (nSPS) is 15.1. The molecule has 0 heterocycles. The van der Waals surface area contributed by atoms with Crippen LogP contribution >= 0.6 is 12.9 Å². The van der Waals surface area contributed by atoms with Gasteiger partial charge < -0.3 is 0 Å². The summed E-state index contributed by atoms with van der Waals surface area (Å²) in [6.07, 6.45) is -3.54. The van der Waals surface area contributed by atoms with E-state index in [1.54, 1.807) is 0 Å². The molecular formula is C25H55O6P2Se+. The Morgan fingerprint density at radius 2 is 0.735 bits per heavy atom. The van der Waals surface area contributed by atoms with Gasteiger partial charge in [0.2, 0.25) is 0 Å². The summed E-state index contributed by atoms with van der Waals surface area (Å²) in [5, 5.41) is 0. The Hall–Kier alpha value is 0.979. The second-order valence-corrected chi connectivity index (χ2v) is 27.6. The van der Waals surface area contributed by atoms with Gasteiger partial charge in [-0.15, -0.1) is 0 Å². The van der Waals surface area contributed by atoms with E-state index in [0.717, 1.165) is 0 Å². The van der Waals surface area contributed by atoms with Gasteiger partial charge in [0.25, 0.3) is 0 Å². The molecule has 0 unspecified atom stereocenters. The standard InChI is InChI=1S/C25H55O6P2Se/c1-21(2,3)16-27-32(26,28-17-22(4,5)6)34-33(29-18-23(7,8)9,30-19-24(10,11)12)31-20-25(13,14)15/h16-20H2,1-15H3/q+1. The van der Waals surface area contributed by atoms with Gasteiger partial charge in [-0.05, 0) is 0 Å². The molecule has 0 fully saturated rings. The summed E-state index contributed by atoms with van der Waals surface area (Å²) in [5.41, 5.74) is -0.661. The second-order valence-electron chi connectivity index (χ2n) is 15.1. The molecule has 0 aliphatic carbocycles. The van der Waals surface area contributed by atoms with Crippen LogP contribution in [0.4, 0.5) is 0 Å². The van der Waals surface area contributed by atoms with Crippen molar-refractivity contribution in [1.29, 1.82) is 0 Å². The van der Waals surface area contributed by atoms with E-state index in [2.05, 4.69) is 104 Å². The Morgan fingerprint density at radius 1 is 0.500 bits per heavy atom. The molecule has 0 amide bonds. The van der Waals surface area contributed by atoms with Crippen molar-refractivity contribution in [2.24, 2.45) is 27.1 Å². The first-order valence-corrected chi connectivity index (χ1v) is 19.7. The molecule has 0 aromatic heterocycles. The van der Waals surface area contributed by atoms with Crippen LogP contribution in [0.2, 0.25) is 0 Å². The van der Waals surface area contributed by atoms with Gasteiger partial charge in [0, 0.05) is 0 Å². The van der Waals surface area contributed by atoms with E-state index < -0.39 is 27.0 Å². The van der Waals surface area contributed by atoms with Gasteiger partial charge in [-0.3, -0.25) is 0 Å². The number of hydrogen-bond acceptors (Lipinski definition) is 6. The summed E-state index contributed by atoms with van der Waals surface area (Å²) in [6, 6.07) is 0. The zero-order chi connectivity index (χ0) is 27.3. The van der Waals surface area contributed by atoms with E-state index in [-0.39, 0.29) is 27.1 Å². The minimum atomic E-state index is -3.54. The maximum absolute atomic E-state index is 14.3. The maximum atomic E-state index is 14.3. The summed E-state index contributed by atoms with van der Waals surface area (Å²) in [4.78, 5) is 0. The fourth-order valence-electron chi connectivity index (χ4n) is 1.75. The molecule has 6 nitrogen and oxygen atoms in total. The molecule has 0 atom stereocenters. The van der Waals surface area contributed by atoms with E-state index >= 15 is 0 Å². The molecule has 0 radical (unpaired) electrons. The molecule has 0 saturated carbocycles. The van der Waals surface area contributed by atoms with Crippen LogP contribution in [0.3, 0.4) is 0 Å². The Labute approximate surface area is 217 Å².